The monoisotopic (exact) mass is 475 g/mol. The minimum absolute atomic E-state index is 0.0396. The predicted molar refractivity (Wildman–Crippen MR) is 127 cm³/mol. The number of hydrogen-bond acceptors (Lipinski definition) is 7. The van der Waals surface area contributed by atoms with Crippen molar-refractivity contribution in [2.24, 2.45) is 0 Å². The van der Waals surface area contributed by atoms with E-state index in [1.807, 2.05) is 0 Å². The van der Waals surface area contributed by atoms with Gasteiger partial charge in [-0.15, -0.1) is 0 Å². The fraction of sp³-hybridized carbons (Fsp3) is 0.364. The van der Waals surface area contributed by atoms with Crippen molar-refractivity contribution in [2.75, 3.05) is 61.4 Å². The van der Waals surface area contributed by atoms with E-state index in [1.54, 1.807) is 25.3 Å². The maximum Gasteiger partial charge on any atom is 0.261 e. The molecule has 1 aliphatic rings. The van der Waals surface area contributed by atoms with Crippen LogP contribution in [0.25, 0.3) is 0 Å². The first kappa shape index (κ1) is 24.5. The number of rotatable bonds is 9. The van der Waals surface area contributed by atoms with Gasteiger partial charge in [0, 0.05) is 58.0 Å². The van der Waals surface area contributed by atoms with Gasteiger partial charge in [0.05, 0.1) is 22.9 Å². The number of sulfonamides is 1. The number of methoxy groups -OCH3 is 1. The first-order valence-corrected chi connectivity index (χ1v) is 12.1. The van der Waals surface area contributed by atoms with Gasteiger partial charge in [-0.05, 0) is 42.5 Å². The highest BCUT2D eigenvalue weighted by Crippen LogP contribution is 2.30. The lowest BCUT2D eigenvalue weighted by Crippen LogP contribution is -2.43. The van der Waals surface area contributed by atoms with Crippen LogP contribution in [0, 0.1) is 0 Å². The molecule has 2 aromatic rings. The summed E-state index contributed by atoms with van der Waals surface area (Å²) in [4.78, 5) is 25.8. The smallest absolute Gasteiger partial charge is 0.261 e. The van der Waals surface area contributed by atoms with Gasteiger partial charge in [-0.2, -0.15) is 0 Å². The Bertz CT molecular complexity index is 1080. The van der Waals surface area contributed by atoms with Crippen LogP contribution in [0.1, 0.15) is 17.3 Å². The molecule has 3 rings (SSSR count). The van der Waals surface area contributed by atoms with Crippen LogP contribution in [0.15, 0.2) is 47.4 Å². The summed E-state index contributed by atoms with van der Waals surface area (Å²) in [6.45, 7) is 5.06. The average molecular weight is 476 g/mol. The SMILES string of the molecule is COCCNC(=O)c1ccc(N2CCNCC2)c(NS(=O)(=O)c2ccc(NC(C)=O)cc2)c1. The highest BCUT2D eigenvalue weighted by Gasteiger charge is 2.21. The minimum atomic E-state index is -3.94. The summed E-state index contributed by atoms with van der Waals surface area (Å²) in [5.74, 6) is -0.566. The summed E-state index contributed by atoms with van der Waals surface area (Å²) in [7, 11) is -2.39. The number of piperazine rings is 1. The van der Waals surface area contributed by atoms with E-state index in [-0.39, 0.29) is 16.7 Å². The lowest BCUT2D eigenvalue weighted by molar-refractivity contribution is -0.114. The molecule has 1 heterocycles. The molecular formula is C22H29N5O5S. The maximum atomic E-state index is 13.1. The van der Waals surface area contributed by atoms with Gasteiger partial charge in [0.1, 0.15) is 0 Å². The van der Waals surface area contributed by atoms with Crippen LogP contribution in [0.2, 0.25) is 0 Å². The van der Waals surface area contributed by atoms with E-state index >= 15 is 0 Å². The highest BCUT2D eigenvalue weighted by atomic mass is 32.2. The molecule has 0 aliphatic carbocycles. The summed E-state index contributed by atoms with van der Waals surface area (Å²) >= 11 is 0. The number of benzene rings is 2. The van der Waals surface area contributed by atoms with Gasteiger partial charge in [0.15, 0.2) is 0 Å². The molecule has 0 unspecified atom stereocenters. The molecule has 1 saturated heterocycles. The lowest BCUT2D eigenvalue weighted by atomic mass is 10.1. The van der Waals surface area contributed by atoms with E-state index in [9.17, 15) is 18.0 Å². The third-order valence-electron chi connectivity index (χ3n) is 5.04. The van der Waals surface area contributed by atoms with Gasteiger partial charge in [-0.3, -0.25) is 14.3 Å². The quantitative estimate of drug-likeness (QED) is 0.402. The number of carbonyl (C=O) groups is 2. The molecule has 33 heavy (non-hydrogen) atoms. The summed E-state index contributed by atoms with van der Waals surface area (Å²) in [6.07, 6.45) is 0. The van der Waals surface area contributed by atoms with Gasteiger partial charge < -0.3 is 25.6 Å². The van der Waals surface area contributed by atoms with Gasteiger partial charge >= 0.3 is 0 Å². The Morgan fingerprint density at radius 2 is 1.79 bits per heavy atom. The Morgan fingerprint density at radius 3 is 2.42 bits per heavy atom. The molecule has 178 valence electrons. The largest absolute Gasteiger partial charge is 0.383 e. The van der Waals surface area contributed by atoms with Crippen molar-refractivity contribution in [1.82, 2.24) is 10.6 Å². The van der Waals surface area contributed by atoms with Gasteiger partial charge in [0.25, 0.3) is 15.9 Å². The predicted octanol–water partition coefficient (Wildman–Crippen LogP) is 1.23. The van der Waals surface area contributed by atoms with Crippen molar-refractivity contribution >= 4 is 38.9 Å². The second-order valence-electron chi connectivity index (χ2n) is 7.53. The Labute approximate surface area is 193 Å². The van der Waals surface area contributed by atoms with Gasteiger partial charge in [0.2, 0.25) is 5.91 Å². The Hall–Kier alpha value is -3.15. The van der Waals surface area contributed by atoms with Crippen molar-refractivity contribution in [3.05, 3.63) is 48.0 Å². The van der Waals surface area contributed by atoms with Crippen LogP contribution in [0.5, 0.6) is 0 Å². The first-order chi connectivity index (χ1) is 15.8. The molecule has 0 radical (unpaired) electrons. The molecule has 0 saturated carbocycles. The highest BCUT2D eigenvalue weighted by molar-refractivity contribution is 7.92. The van der Waals surface area contributed by atoms with E-state index in [0.29, 0.717) is 48.9 Å². The number of ether oxygens (including phenoxy) is 1. The minimum Gasteiger partial charge on any atom is -0.383 e. The molecule has 0 aromatic heterocycles. The molecule has 10 nitrogen and oxygen atoms in total. The van der Waals surface area contributed by atoms with Crippen LogP contribution in [0.3, 0.4) is 0 Å². The van der Waals surface area contributed by atoms with Gasteiger partial charge in [-0.1, -0.05) is 0 Å². The molecule has 2 aromatic carbocycles. The fourth-order valence-electron chi connectivity index (χ4n) is 3.43. The third-order valence-corrected chi connectivity index (χ3v) is 6.42. The third kappa shape index (κ3) is 6.67. The second kappa shape index (κ2) is 11.1. The molecule has 1 fully saturated rings. The second-order valence-corrected chi connectivity index (χ2v) is 9.21. The summed E-state index contributed by atoms with van der Waals surface area (Å²) in [5.41, 5.74) is 1.85. The van der Waals surface area contributed by atoms with E-state index in [0.717, 1.165) is 13.1 Å². The van der Waals surface area contributed by atoms with Gasteiger partial charge in [-0.25, -0.2) is 8.42 Å². The topological polar surface area (TPSA) is 129 Å². The zero-order chi connectivity index (χ0) is 23.8. The maximum absolute atomic E-state index is 13.1. The molecule has 0 atom stereocenters. The van der Waals surface area contributed by atoms with E-state index < -0.39 is 10.0 Å². The van der Waals surface area contributed by atoms with E-state index in [1.165, 1.54) is 31.2 Å². The Kier molecular flexibility index (Phi) is 8.26. The fourth-order valence-corrected chi connectivity index (χ4v) is 4.50. The zero-order valence-electron chi connectivity index (χ0n) is 18.7. The first-order valence-electron chi connectivity index (χ1n) is 10.6. The van der Waals surface area contributed by atoms with Crippen molar-refractivity contribution in [3.63, 3.8) is 0 Å². The summed E-state index contributed by atoms with van der Waals surface area (Å²) < 4.78 is 33.8. The van der Waals surface area contributed by atoms with Crippen LogP contribution >= 0.6 is 0 Å². The molecule has 4 N–H and O–H groups in total. The van der Waals surface area contributed by atoms with Crippen LogP contribution in [-0.2, 0) is 19.6 Å². The van der Waals surface area contributed by atoms with E-state index in [4.69, 9.17) is 4.74 Å². The molecule has 0 bridgehead atoms. The van der Waals surface area contributed by atoms with Crippen LogP contribution in [0.4, 0.5) is 17.1 Å². The Morgan fingerprint density at radius 1 is 1.09 bits per heavy atom. The Balaban J connectivity index is 1.89. The molecule has 1 aliphatic heterocycles. The lowest BCUT2D eigenvalue weighted by Gasteiger charge is -2.31. The molecule has 2 amide bonds. The van der Waals surface area contributed by atoms with E-state index in [2.05, 4.69) is 25.6 Å². The van der Waals surface area contributed by atoms with Crippen molar-refractivity contribution in [2.45, 2.75) is 11.8 Å². The van der Waals surface area contributed by atoms with Crippen LogP contribution in [-0.4, -0.2) is 66.7 Å². The number of carbonyl (C=O) groups excluding carboxylic acids is 2. The molecule has 11 heteroatoms. The molecular weight excluding hydrogens is 446 g/mol. The van der Waals surface area contributed by atoms with Crippen molar-refractivity contribution in [1.29, 1.82) is 0 Å². The van der Waals surface area contributed by atoms with Crippen LogP contribution < -0.4 is 25.6 Å². The number of amides is 2. The summed E-state index contributed by atoms with van der Waals surface area (Å²) in [6, 6.07) is 10.9. The number of hydrogen-bond donors (Lipinski definition) is 4. The molecule has 0 spiro atoms. The van der Waals surface area contributed by atoms with Crippen molar-refractivity contribution < 1.29 is 22.7 Å². The number of nitrogens with one attached hydrogen (secondary N) is 4. The zero-order valence-corrected chi connectivity index (χ0v) is 19.5. The standard InChI is InChI=1S/C22H29N5O5S/c1-16(28)25-18-4-6-19(7-5-18)33(30,31)26-20-15-17(22(29)24-11-14-32-2)3-8-21(20)27-12-9-23-10-13-27/h3-8,15,23,26H,9-14H2,1-2H3,(H,24,29)(H,25,28). The summed E-state index contributed by atoms with van der Waals surface area (Å²) in [5, 5.41) is 8.62. The normalized spacial score (nSPS) is 13.9. The number of nitrogens with zero attached hydrogens (tertiary/aromatic N) is 1. The number of anilines is 3. The van der Waals surface area contributed by atoms with Crippen molar-refractivity contribution in [3.8, 4) is 0 Å². The average Bonchev–Trinajstić information content (AvgIpc) is 2.79.